The van der Waals surface area contributed by atoms with Crippen molar-refractivity contribution in [2.75, 3.05) is 55.8 Å². The van der Waals surface area contributed by atoms with Crippen LogP contribution in [0, 0.1) is 5.92 Å². The van der Waals surface area contributed by atoms with E-state index in [9.17, 15) is 5.11 Å². The van der Waals surface area contributed by atoms with Crippen LogP contribution in [-0.2, 0) is 4.74 Å². The number of rotatable bonds is 4. The van der Waals surface area contributed by atoms with Gasteiger partial charge >= 0.3 is 0 Å². The molecule has 1 N–H and O–H groups in total. The van der Waals surface area contributed by atoms with Gasteiger partial charge in [-0.05, 0) is 24.6 Å². The molecule has 2 aliphatic rings. The molecule has 2 fully saturated rings. The Bertz CT molecular complexity index is 988. The van der Waals surface area contributed by atoms with Crippen molar-refractivity contribution in [1.29, 1.82) is 0 Å². The Morgan fingerprint density at radius 1 is 1.00 bits per heavy atom. The third-order valence-electron chi connectivity index (χ3n) is 5.82. The molecule has 0 spiro atoms. The van der Waals surface area contributed by atoms with E-state index in [1.54, 1.807) is 12.4 Å². The van der Waals surface area contributed by atoms with E-state index in [0.717, 1.165) is 73.9 Å². The molecule has 5 rings (SSSR count). The Hall–Kier alpha value is -2.77. The zero-order chi connectivity index (χ0) is 19.6. The second kappa shape index (κ2) is 7.93. The van der Waals surface area contributed by atoms with Crippen LogP contribution in [0.25, 0.3) is 22.3 Å². The predicted octanol–water partition coefficient (Wildman–Crippen LogP) is 2.35. The molecule has 3 aromatic rings. The summed E-state index contributed by atoms with van der Waals surface area (Å²) < 4.78 is 5.45. The summed E-state index contributed by atoms with van der Waals surface area (Å²) >= 11 is 0. The Morgan fingerprint density at radius 3 is 2.55 bits per heavy atom. The molecule has 150 valence electrons. The first-order valence-electron chi connectivity index (χ1n) is 10.2. The minimum Gasteiger partial charge on any atom is -0.396 e. The van der Waals surface area contributed by atoms with Gasteiger partial charge in [-0.3, -0.25) is 4.98 Å². The summed E-state index contributed by atoms with van der Waals surface area (Å²) in [6, 6.07) is 10.6. The lowest BCUT2D eigenvalue weighted by atomic mass is 10.1. The SMILES string of the molecule is OC[C@@H]1CCN(c2nc(-c3ccc(N4CCOCC4)cc3)cc3nccnc23)C1. The quantitative estimate of drug-likeness (QED) is 0.732. The van der Waals surface area contributed by atoms with E-state index in [4.69, 9.17) is 9.72 Å². The molecule has 29 heavy (non-hydrogen) atoms. The monoisotopic (exact) mass is 391 g/mol. The number of benzene rings is 1. The molecular formula is C22H25N5O2. The van der Waals surface area contributed by atoms with Gasteiger partial charge in [0.25, 0.3) is 0 Å². The van der Waals surface area contributed by atoms with Gasteiger partial charge in [-0.2, -0.15) is 0 Å². The number of ether oxygens (including phenoxy) is 1. The summed E-state index contributed by atoms with van der Waals surface area (Å²) in [6.07, 6.45) is 4.40. The van der Waals surface area contributed by atoms with E-state index in [0.29, 0.717) is 5.92 Å². The smallest absolute Gasteiger partial charge is 0.157 e. The molecule has 0 radical (unpaired) electrons. The normalized spacial score (nSPS) is 19.8. The molecular weight excluding hydrogens is 366 g/mol. The third-order valence-corrected chi connectivity index (χ3v) is 5.82. The van der Waals surface area contributed by atoms with Crippen LogP contribution in [0.1, 0.15) is 6.42 Å². The van der Waals surface area contributed by atoms with Gasteiger partial charge in [0, 0.05) is 62.3 Å². The number of aromatic nitrogens is 3. The van der Waals surface area contributed by atoms with Crippen molar-refractivity contribution >= 4 is 22.5 Å². The molecule has 7 nitrogen and oxygen atoms in total. The van der Waals surface area contributed by atoms with Crippen LogP contribution < -0.4 is 9.80 Å². The minimum absolute atomic E-state index is 0.211. The van der Waals surface area contributed by atoms with Crippen LogP contribution in [-0.4, -0.2) is 66.1 Å². The number of fused-ring (bicyclic) bond motifs is 1. The Kier molecular flexibility index (Phi) is 4.99. The maximum absolute atomic E-state index is 9.52. The molecule has 2 aliphatic heterocycles. The number of hydrogen-bond acceptors (Lipinski definition) is 7. The maximum atomic E-state index is 9.52. The lowest BCUT2D eigenvalue weighted by Gasteiger charge is -2.29. The van der Waals surface area contributed by atoms with Crippen LogP contribution in [0.2, 0.25) is 0 Å². The summed E-state index contributed by atoms with van der Waals surface area (Å²) in [5, 5.41) is 9.52. The van der Waals surface area contributed by atoms with Crippen molar-refractivity contribution in [3.63, 3.8) is 0 Å². The van der Waals surface area contributed by atoms with E-state index >= 15 is 0 Å². The van der Waals surface area contributed by atoms with E-state index in [-0.39, 0.29) is 6.61 Å². The topological polar surface area (TPSA) is 74.6 Å². The standard InChI is InChI=1S/C22H25N5O2/c28-15-16-5-8-27(14-16)22-21-20(23-6-7-24-21)13-19(25-22)17-1-3-18(4-2-17)26-9-11-29-12-10-26/h1-4,6-7,13,16,28H,5,8-12,14-15H2/t16-/m1/s1. The molecule has 1 aromatic carbocycles. The van der Waals surface area contributed by atoms with E-state index < -0.39 is 0 Å². The maximum Gasteiger partial charge on any atom is 0.157 e. The van der Waals surface area contributed by atoms with Crippen molar-refractivity contribution < 1.29 is 9.84 Å². The molecule has 0 aliphatic carbocycles. The van der Waals surface area contributed by atoms with Gasteiger partial charge in [0.05, 0.1) is 24.4 Å². The summed E-state index contributed by atoms with van der Waals surface area (Å²) in [6.45, 7) is 5.30. The van der Waals surface area contributed by atoms with Crippen molar-refractivity contribution in [3.8, 4) is 11.3 Å². The van der Waals surface area contributed by atoms with Gasteiger partial charge in [0.2, 0.25) is 0 Å². The minimum atomic E-state index is 0.211. The molecule has 2 aromatic heterocycles. The van der Waals surface area contributed by atoms with Crippen LogP contribution in [0.15, 0.2) is 42.7 Å². The van der Waals surface area contributed by atoms with Crippen molar-refractivity contribution in [2.24, 2.45) is 5.92 Å². The second-order valence-corrected chi connectivity index (χ2v) is 7.68. The average molecular weight is 391 g/mol. The van der Waals surface area contributed by atoms with Crippen molar-refractivity contribution in [3.05, 3.63) is 42.7 Å². The Morgan fingerprint density at radius 2 is 1.79 bits per heavy atom. The number of nitrogens with zero attached hydrogens (tertiary/aromatic N) is 5. The number of hydrogen-bond donors (Lipinski definition) is 1. The van der Waals surface area contributed by atoms with Crippen LogP contribution in [0.4, 0.5) is 11.5 Å². The van der Waals surface area contributed by atoms with Gasteiger partial charge in [-0.25, -0.2) is 9.97 Å². The van der Waals surface area contributed by atoms with E-state index in [1.807, 2.05) is 6.07 Å². The highest BCUT2D eigenvalue weighted by Crippen LogP contribution is 2.31. The Labute approximate surface area is 170 Å². The fraction of sp³-hybridized carbons (Fsp3) is 0.409. The van der Waals surface area contributed by atoms with Gasteiger partial charge in [0.1, 0.15) is 5.52 Å². The number of aliphatic hydroxyl groups excluding tert-OH is 1. The highest BCUT2D eigenvalue weighted by molar-refractivity contribution is 5.89. The van der Waals surface area contributed by atoms with Gasteiger partial charge < -0.3 is 19.6 Å². The lowest BCUT2D eigenvalue weighted by molar-refractivity contribution is 0.122. The molecule has 1 atom stereocenters. The van der Waals surface area contributed by atoms with Crippen LogP contribution in [0.3, 0.4) is 0 Å². The number of anilines is 2. The van der Waals surface area contributed by atoms with Crippen LogP contribution >= 0.6 is 0 Å². The molecule has 0 saturated carbocycles. The molecule has 2 saturated heterocycles. The van der Waals surface area contributed by atoms with E-state index in [1.165, 1.54) is 5.69 Å². The number of aliphatic hydroxyl groups is 1. The molecule has 0 amide bonds. The summed E-state index contributed by atoms with van der Waals surface area (Å²) in [5.41, 5.74) is 4.84. The molecule has 0 unspecified atom stereocenters. The van der Waals surface area contributed by atoms with Gasteiger partial charge in [-0.1, -0.05) is 12.1 Å². The average Bonchev–Trinajstić information content (AvgIpc) is 3.28. The lowest BCUT2D eigenvalue weighted by Crippen LogP contribution is -2.36. The van der Waals surface area contributed by atoms with Crippen molar-refractivity contribution in [2.45, 2.75) is 6.42 Å². The predicted molar refractivity (Wildman–Crippen MR) is 113 cm³/mol. The fourth-order valence-electron chi connectivity index (χ4n) is 4.16. The molecule has 4 heterocycles. The highest BCUT2D eigenvalue weighted by Gasteiger charge is 2.25. The summed E-state index contributed by atoms with van der Waals surface area (Å²) in [7, 11) is 0. The zero-order valence-electron chi connectivity index (χ0n) is 16.4. The van der Waals surface area contributed by atoms with Crippen LogP contribution in [0.5, 0.6) is 0 Å². The summed E-state index contributed by atoms with van der Waals surface area (Å²) in [5.74, 6) is 1.15. The number of morpholine rings is 1. The highest BCUT2D eigenvalue weighted by atomic mass is 16.5. The largest absolute Gasteiger partial charge is 0.396 e. The second-order valence-electron chi connectivity index (χ2n) is 7.68. The first kappa shape index (κ1) is 18.3. The molecule has 0 bridgehead atoms. The summed E-state index contributed by atoms with van der Waals surface area (Å²) in [4.78, 5) is 18.6. The first-order valence-corrected chi connectivity index (χ1v) is 10.2. The fourth-order valence-corrected chi connectivity index (χ4v) is 4.16. The zero-order valence-corrected chi connectivity index (χ0v) is 16.4. The Balaban J connectivity index is 1.50. The third kappa shape index (κ3) is 3.63. The van der Waals surface area contributed by atoms with Gasteiger partial charge in [0.15, 0.2) is 5.82 Å². The van der Waals surface area contributed by atoms with E-state index in [2.05, 4.69) is 44.0 Å². The van der Waals surface area contributed by atoms with Crippen molar-refractivity contribution in [1.82, 2.24) is 15.0 Å². The number of pyridine rings is 1. The van der Waals surface area contributed by atoms with Gasteiger partial charge in [-0.15, -0.1) is 0 Å². The molecule has 7 heteroatoms. The first-order chi connectivity index (χ1) is 14.3.